The van der Waals surface area contributed by atoms with E-state index in [9.17, 15) is 14.7 Å². The molecule has 1 aromatic carbocycles. The van der Waals surface area contributed by atoms with Gasteiger partial charge in [-0.05, 0) is 51.8 Å². The van der Waals surface area contributed by atoms with E-state index in [0.717, 1.165) is 35.0 Å². The number of benzene rings is 1. The van der Waals surface area contributed by atoms with Crippen LogP contribution in [0.4, 0.5) is 0 Å². The maximum atomic E-state index is 12.7. The standard InChI is InChI=1S/C18H20N2O3/c1-10-4-7-14-12(8-10)13(9-15(19-14)11-5-6-11)16(21)20-18(2,3)17(22)23/h4,7-9,11H,5-6H2,1-3H3,(H,20,21)(H,22,23). The van der Waals surface area contributed by atoms with Crippen molar-refractivity contribution in [1.82, 2.24) is 10.3 Å². The number of aliphatic carboxylic acids is 1. The lowest BCUT2D eigenvalue weighted by molar-refractivity contribution is -0.143. The summed E-state index contributed by atoms with van der Waals surface area (Å²) in [5, 5.41) is 12.6. The fourth-order valence-electron chi connectivity index (χ4n) is 2.54. The molecule has 1 fully saturated rings. The van der Waals surface area contributed by atoms with Gasteiger partial charge < -0.3 is 10.4 Å². The zero-order valence-corrected chi connectivity index (χ0v) is 13.5. The number of carbonyl (C=O) groups is 2. The molecule has 120 valence electrons. The van der Waals surface area contributed by atoms with Gasteiger partial charge in [0.05, 0.1) is 11.1 Å². The fourth-order valence-corrected chi connectivity index (χ4v) is 2.54. The van der Waals surface area contributed by atoms with Gasteiger partial charge in [0, 0.05) is 17.0 Å². The van der Waals surface area contributed by atoms with E-state index in [0.29, 0.717) is 11.5 Å². The first kappa shape index (κ1) is 15.5. The van der Waals surface area contributed by atoms with Gasteiger partial charge in [-0.25, -0.2) is 4.79 Å². The number of pyridine rings is 1. The van der Waals surface area contributed by atoms with Crippen LogP contribution in [0.1, 0.15) is 54.2 Å². The van der Waals surface area contributed by atoms with Crippen molar-refractivity contribution in [1.29, 1.82) is 0 Å². The second-order valence-electron chi connectivity index (χ2n) is 6.77. The number of nitrogens with zero attached hydrogens (tertiary/aromatic N) is 1. The molecule has 5 nitrogen and oxygen atoms in total. The lowest BCUT2D eigenvalue weighted by Gasteiger charge is -2.21. The third-order valence-electron chi connectivity index (χ3n) is 4.18. The first-order valence-corrected chi connectivity index (χ1v) is 7.75. The van der Waals surface area contributed by atoms with E-state index in [1.54, 1.807) is 0 Å². The van der Waals surface area contributed by atoms with Crippen LogP contribution in [0.3, 0.4) is 0 Å². The largest absolute Gasteiger partial charge is 0.480 e. The van der Waals surface area contributed by atoms with Crippen molar-refractivity contribution < 1.29 is 14.7 Å². The maximum Gasteiger partial charge on any atom is 0.328 e. The Balaban J connectivity index is 2.08. The molecule has 1 amide bonds. The van der Waals surface area contributed by atoms with Crippen molar-refractivity contribution in [2.45, 2.75) is 45.1 Å². The Kier molecular flexibility index (Phi) is 3.59. The van der Waals surface area contributed by atoms with E-state index in [4.69, 9.17) is 0 Å². The second kappa shape index (κ2) is 5.33. The van der Waals surface area contributed by atoms with Gasteiger partial charge >= 0.3 is 5.97 Å². The Bertz CT molecular complexity index is 807. The predicted molar refractivity (Wildman–Crippen MR) is 87.6 cm³/mol. The Morgan fingerprint density at radius 3 is 2.57 bits per heavy atom. The molecule has 1 aliphatic carbocycles. The molecule has 0 atom stereocenters. The van der Waals surface area contributed by atoms with Crippen LogP contribution in [0, 0.1) is 6.92 Å². The lowest BCUT2D eigenvalue weighted by Crippen LogP contribution is -2.49. The highest BCUT2D eigenvalue weighted by atomic mass is 16.4. The van der Waals surface area contributed by atoms with E-state index in [2.05, 4.69) is 10.3 Å². The van der Waals surface area contributed by atoms with Crippen molar-refractivity contribution in [3.63, 3.8) is 0 Å². The van der Waals surface area contributed by atoms with Crippen LogP contribution in [0.25, 0.3) is 10.9 Å². The van der Waals surface area contributed by atoms with Gasteiger partial charge in [-0.2, -0.15) is 0 Å². The Labute approximate surface area is 134 Å². The smallest absolute Gasteiger partial charge is 0.328 e. The fraction of sp³-hybridized carbons (Fsp3) is 0.389. The third-order valence-corrected chi connectivity index (χ3v) is 4.18. The quantitative estimate of drug-likeness (QED) is 0.909. The number of aromatic nitrogens is 1. The molecule has 0 radical (unpaired) electrons. The molecule has 0 bridgehead atoms. The molecule has 0 spiro atoms. The van der Waals surface area contributed by atoms with Crippen LogP contribution in [-0.4, -0.2) is 27.5 Å². The summed E-state index contributed by atoms with van der Waals surface area (Å²) in [6, 6.07) is 7.61. The van der Waals surface area contributed by atoms with Crippen molar-refractivity contribution in [3.05, 3.63) is 41.1 Å². The SMILES string of the molecule is Cc1ccc2nc(C3CC3)cc(C(=O)NC(C)(C)C(=O)O)c2c1. The average molecular weight is 312 g/mol. The van der Waals surface area contributed by atoms with Crippen molar-refractivity contribution in [3.8, 4) is 0 Å². The van der Waals surface area contributed by atoms with E-state index in [-0.39, 0.29) is 5.91 Å². The van der Waals surface area contributed by atoms with E-state index < -0.39 is 11.5 Å². The number of amides is 1. The van der Waals surface area contributed by atoms with Crippen LogP contribution in [0.2, 0.25) is 0 Å². The number of carbonyl (C=O) groups excluding carboxylic acids is 1. The first-order chi connectivity index (χ1) is 10.8. The molecule has 0 saturated heterocycles. The number of rotatable bonds is 4. The summed E-state index contributed by atoms with van der Waals surface area (Å²) in [7, 11) is 0. The van der Waals surface area contributed by atoms with Crippen LogP contribution < -0.4 is 5.32 Å². The molecule has 1 aliphatic rings. The Hall–Kier alpha value is -2.43. The topological polar surface area (TPSA) is 79.3 Å². The van der Waals surface area contributed by atoms with Crippen LogP contribution >= 0.6 is 0 Å². The summed E-state index contributed by atoms with van der Waals surface area (Å²) in [6.45, 7) is 4.91. The molecule has 2 aromatic rings. The molecule has 3 rings (SSSR count). The Morgan fingerprint density at radius 1 is 1.26 bits per heavy atom. The molecular weight excluding hydrogens is 292 g/mol. The second-order valence-corrected chi connectivity index (χ2v) is 6.77. The number of hydrogen-bond donors (Lipinski definition) is 2. The highest BCUT2D eigenvalue weighted by Gasteiger charge is 2.31. The first-order valence-electron chi connectivity index (χ1n) is 7.75. The zero-order valence-electron chi connectivity index (χ0n) is 13.5. The maximum absolute atomic E-state index is 12.7. The number of aryl methyl sites for hydroxylation is 1. The minimum absolute atomic E-state index is 0.377. The summed E-state index contributed by atoms with van der Waals surface area (Å²) in [6.07, 6.45) is 2.18. The normalized spacial score (nSPS) is 14.7. The predicted octanol–water partition coefficient (Wildman–Crippen LogP) is 3.01. The van der Waals surface area contributed by atoms with Gasteiger partial charge in [0.15, 0.2) is 0 Å². The van der Waals surface area contributed by atoms with Gasteiger partial charge in [0.25, 0.3) is 5.91 Å². The number of carboxylic acids is 1. The minimum atomic E-state index is -1.32. The van der Waals surface area contributed by atoms with Crippen LogP contribution in [0.5, 0.6) is 0 Å². The molecule has 1 heterocycles. The zero-order chi connectivity index (χ0) is 16.8. The highest BCUT2D eigenvalue weighted by Crippen LogP contribution is 2.40. The van der Waals surface area contributed by atoms with Gasteiger partial charge in [0.1, 0.15) is 5.54 Å². The van der Waals surface area contributed by atoms with Crippen molar-refractivity contribution in [2.24, 2.45) is 0 Å². The molecular formula is C18H20N2O3. The van der Waals surface area contributed by atoms with Gasteiger partial charge in [-0.15, -0.1) is 0 Å². The number of hydrogen-bond acceptors (Lipinski definition) is 3. The van der Waals surface area contributed by atoms with Crippen molar-refractivity contribution >= 4 is 22.8 Å². The summed E-state index contributed by atoms with van der Waals surface area (Å²) in [5.41, 5.74) is 1.90. The summed E-state index contributed by atoms with van der Waals surface area (Å²) in [5.74, 6) is -1.03. The van der Waals surface area contributed by atoms with Crippen LogP contribution in [0.15, 0.2) is 24.3 Å². The number of carboxylic acid groups (broad SMARTS) is 1. The summed E-state index contributed by atoms with van der Waals surface area (Å²) in [4.78, 5) is 28.6. The molecule has 2 N–H and O–H groups in total. The average Bonchev–Trinajstić information content (AvgIpc) is 3.30. The van der Waals surface area contributed by atoms with Crippen LogP contribution in [-0.2, 0) is 4.79 Å². The highest BCUT2D eigenvalue weighted by molar-refractivity contribution is 6.07. The van der Waals surface area contributed by atoms with E-state index >= 15 is 0 Å². The summed E-state index contributed by atoms with van der Waals surface area (Å²) >= 11 is 0. The third kappa shape index (κ3) is 3.04. The van der Waals surface area contributed by atoms with Crippen molar-refractivity contribution in [2.75, 3.05) is 0 Å². The van der Waals surface area contributed by atoms with Gasteiger partial charge in [-0.3, -0.25) is 9.78 Å². The molecule has 1 saturated carbocycles. The molecule has 0 aliphatic heterocycles. The minimum Gasteiger partial charge on any atom is -0.480 e. The molecule has 0 unspecified atom stereocenters. The molecule has 1 aromatic heterocycles. The Morgan fingerprint density at radius 2 is 1.96 bits per heavy atom. The van der Waals surface area contributed by atoms with E-state index in [1.807, 2.05) is 31.2 Å². The number of fused-ring (bicyclic) bond motifs is 1. The van der Waals surface area contributed by atoms with Gasteiger partial charge in [-0.1, -0.05) is 11.6 Å². The molecule has 5 heteroatoms. The van der Waals surface area contributed by atoms with E-state index in [1.165, 1.54) is 13.8 Å². The molecule has 23 heavy (non-hydrogen) atoms. The monoisotopic (exact) mass is 312 g/mol. The summed E-state index contributed by atoms with van der Waals surface area (Å²) < 4.78 is 0. The lowest BCUT2D eigenvalue weighted by atomic mass is 10.0. The number of nitrogens with one attached hydrogen (secondary N) is 1. The van der Waals surface area contributed by atoms with Gasteiger partial charge in [0.2, 0.25) is 0 Å².